The molecule has 0 spiro atoms. The molecule has 0 unspecified atom stereocenters. The molecule has 1 amide bonds. The molecule has 0 fully saturated rings. The molecule has 0 saturated heterocycles. The maximum Gasteiger partial charge on any atom is 0.229 e. The van der Waals surface area contributed by atoms with Crippen LogP contribution in [-0.4, -0.2) is 17.5 Å². The number of nitrogens with zero attached hydrogens (tertiary/aromatic N) is 1. The van der Waals surface area contributed by atoms with Crippen LogP contribution in [0.15, 0.2) is 53.9 Å². The number of rotatable bonds is 6. The number of ether oxygens (including phenoxy) is 1. The third-order valence-corrected chi connectivity index (χ3v) is 4.06. The summed E-state index contributed by atoms with van der Waals surface area (Å²) >= 11 is 1.17. The highest BCUT2D eigenvalue weighted by Gasteiger charge is 2.12. The minimum absolute atomic E-state index is 0.161. The molecule has 0 saturated carbocycles. The van der Waals surface area contributed by atoms with E-state index in [1.54, 1.807) is 5.38 Å². The molecule has 1 heterocycles. The molecule has 7 heteroatoms. The van der Waals surface area contributed by atoms with Gasteiger partial charge in [0, 0.05) is 17.0 Å². The van der Waals surface area contributed by atoms with Gasteiger partial charge in [0.05, 0.1) is 18.7 Å². The second-order valence-corrected chi connectivity index (χ2v) is 5.98. The molecule has 0 aliphatic rings. The fourth-order valence-electron chi connectivity index (χ4n) is 2.11. The average Bonchev–Trinajstić information content (AvgIpc) is 3.04. The Balaban J connectivity index is 1.55. The summed E-state index contributed by atoms with van der Waals surface area (Å²) in [5.74, 6) is -0.905. The Hall–Kier alpha value is -2.80. The second kappa shape index (κ2) is 7.85. The van der Waals surface area contributed by atoms with Crippen molar-refractivity contribution in [2.75, 3.05) is 11.9 Å². The number of thiazole rings is 1. The average molecular weight is 360 g/mol. The summed E-state index contributed by atoms with van der Waals surface area (Å²) in [5.41, 5.74) is 0.531. The smallest absolute Gasteiger partial charge is 0.229 e. The Morgan fingerprint density at radius 3 is 2.72 bits per heavy atom. The van der Waals surface area contributed by atoms with E-state index in [0.717, 1.165) is 12.1 Å². The van der Waals surface area contributed by atoms with Gasteiger partial charge in [-0.3, -0.25) is 4.79 Å². The molecule has 4 nitrogen and oxygen atoms in total. The third kappa shape index (κ3) is 4.60. The molecule has 0 aliphatic carbocycles. The fourth-order valence-corrected chi connectivity index (χ4v) is 2.84. The SMILES string of the molecule is O=C(CCOc1ccccc1)Nc1nc(-c2ccc(F)cc2F)cs1. The summed E-state index contributed by atoms with van der Waals surface area (Å²) in [6.45, 7) is 0.237. The Kier molecular flexibility index (Phi) is 5.35. The van der Waals surface area contributed by atoms with Gasteiger partial charge < -0.3 is 10.1 Å². The second-order valence-electron chi connectivity index (χ2n) is 5.12. The van der Waals surface area contributed by atoms with E-state index in [1.165, 1.54) is 17.4 Å². The lowest BCUT2D eigenvalue weighted by Crippen LogP contribution is -2.15. The lowest BCUT2D eigenvalue weighted by molar-refractivity contribution is -0.116. The summed E-state index contributed by atoms with van der Waals surface area (Å²) < 4.78 is 32.2. The maximum atomic E-state index is 13.8. The van der Waals surface area contributed by atoms with E-state index in [9.17, 15) is 13.6 Å². The highest BCUT2D eigenvalue weighted by atomic mass is 32.1. The number of carbonyl (C=O) groups is 1. The Bertz CT molecular complexity index is 869. The largest absolute Gasteiger partial charge is 0.493 e. The quantitative estimate of drug-likeness (QED) is 0.704. The maximum absolute atomic E-state index is 13.8. The van der Waals surface area contributed by atoms with E-state index < -0.39 is 11.6 Å². The number of hydrogen-bond donors (Lipinski definition) is 1. The summed E-state index contributed by atoms with van der Waals surface area (Å²) in [5, 5.41) is 4.60. The summed E-state index contributed by atoms with van der Waals surface area (Å²) in [6.07, 6.45) is 0.161. The highest BCUT2D eigenvalue weighted by Crippen LogP contribution is 2.27. The first-order valence-corrected chi connectivity index (χ1v) is 8.38. The zero-order chi connectivity index (χ0) is 17.6. The van der Waals surface area contributed by atoms with E-state index in [2.05, 4.69) is 10.3 Å². The van der Waals surface area contributed by atoms with Gasteiger partial charge in [-0.15, -0.1) is 11.3 Å². The van der Waals surface area contributed by atoms with Crippen LogP contribution in [0, 0.1) is 11.6 Å². The minimum Gasteiger partial charge on any atom is -0.493 e. The van der Waals surface area contributed by atoms with Crippen molar-refractivity contribution in [3.8, 4) is 17.0 Å². The molecule has 2 aromatic carbocycles. The zero-order valence-corrected chi connectivity index (χ0v) is 13.9. The predicted octanol–water partition coefficient (Wildman–Crippen LogP) is 4.50. The number of amides is 1. The molecule has 0 aliphatic heterocycles. The first-order chi connectivity index (χ1) is 12.1. The first kappa shape index (κ1) is 17.0. The summed E-state index contributed by atoms with van der Waals surface area (Å²) in [6, 6.07) is 12.5. The fraction of sp³-hybridized carbons (Fsp3) is 0.111. The van der Waals surface area contributed by atoms with Gasteiger partial charge in [-0.25, -0.2) is 13.8 Å². The number of halogens is 2. The van der Waals surface area contributed by atoms with Crippen molar-refractivity contribution < 1.29 is 18.3 Å². The van der Waals surface area contributed by atoms with Gasteiger partial charge in [-0.1, -0.05) is 18.2 Å². The van der Waals surface area contributed by atoms with Crippen LogP contribution in [0.25, 0.3) is 11.3 Å². The number of para-hydroxylation sites is 1. The minimum atomic E-state index is -0.695. The first-order valence-electron chi connectivity index (χ1n) is 7.50. The molecule has 0 bridgehead atoms. The van der Waals surface area contributed by atoms with Gasteiger partial charge in [0.15, 0.2) is 5.13 Å². The van der Waals surface area contributed by atoms with Gasteiger partial charge in [-0.05, 0) is 24.3 Å². The van der Waals surface area contributed by atoms with Crippen LogP contribution in [0.4, 0.5) is 13.9 Å². The number of aromatic nitrogens is 1. The van der Waals surface area contributed by atoms with Gasteiger partial charge in [0.2, 0.25) is 5.91 Å². The number of nitrogens with one attached hydrogen (secondary N) is 1. The highest BCUT2D eigenvalue weighted by molar-refractivity contribution is 7.14. The van der Waals surface area contributed by atoms with Crippen LogP contribution in [-0.2, 0) is 4.79 Å². The van der Waals surface area contributed by atoms with E-state index in [0.29, 0.717) is 16.6 Å². The van der Waals surface area contributed by atoms with Crippen molar-refractivity contribution >= 4 is 22.4 Å². The molecule has 3 rings (SSSR count). The molecule has 1 N–H and O–H groups in total. The molecule has 3 aromatic rings. The Morgan fingerprint density at radius 1 is 1.16 bits per heavy atom. The van der Waals surface area contributed by atoms with E-state index in [1.807, 2.05) is 30.3 Å². The van der Waals surface area contributed by atoms with Crippen molar-refractivity contribution in [3.05, 3.63) is 65.5 Å². The molecule has 0 radical (unpaired) electrons. The monoisotopic (exact) mass is 360 g/mol. The normalized spacial score (nSPS) is 10.5. The standard InChI is InChI=1S/C18H14F2N2O2S/c19-12-6-7-14(15(20)10-12)16-11-25-18(21-16)22-17(23)8-9-24-13-4-2-1-3-5-13/h1-7,10-11H,8-9H2,(H,21,22,23). The van der Waals surface area contributed by atoms with Gasteiger partial charge in [-0.2, -0.15) is 0 Å². The molecular formula is C18H14F2N2O2S. The number of carbonyl (C=O) groups excluding carboxylic acids is 1. The molecule has 0 atom stereocenters. The molecule has 128 valence electrons. The van der Waals surface area contributed by atoms with Crippen molar-refractivity contribution in [2.24, 2.45) is 0 Å². The van der Waals surface area contributed by atoms with Gasteiger partial charge in [0.1, 0.15) is 17.4 Å². The van der Waals surface area contributed by atoms with E-state index >= 15 is 0 Å². The van der Waals surface area contributed by atoms with E-state index in [-0.39, 0.29) is 24.5 Å². The molecular weight excluding hydrogens is 346 g/mol. The third-order valence-electron chi connectivity index (χ3n) is 3.30. The van der Waals surface area contributed by atoms with Gasteiger partial charge >= 0.3 is 0 Å². The van der Waals surface area contributed by atoms with Crippen LogP contribution in [0.3, 0.4) is 0 Å². The summed E-state index contributed by atoms with van der Waals surface area (Å²) in [4.78, 5) is 16.1. The Labute approximate surface area is 147 Å². The van der Waals surface area contributed by atoms with Crippen LogP contribution in [0.5, 0.6) is 5.75 Å². The van der Waals surface area contributed by atoms with Crippen molar-refractivity contribution in [1.82, 2.24) is 4.98 Å². The zero-order valence-electron chi connectivity index (χ0n) is 13.0. The number of anilines is 1. The topological polar surface area (TPSA) is 51.2 Å². The van der Waals surface area contributed by atoms with Crippen LogP contribution < -0.4 is 10.1 Å². The Morgan fingerprint density at radius 2 is 1.96 bits per heavy atom. The molecule has 1 aromatic heterocycles. The molecule has 25 heavy (non-hydrogen) atoms. The summed E-state index contributed by atoms with van der Waals surface area (Å²) in [7, 11) is 0. The number of hydrogen-bond acceptors (Lipinski definition) is 4. The lowest BCUT2D eigenvalue weighted by Gasteiger charge is -2.05. The van der Waals surface area contributed by atoms with Crippen LogP contribution in [0.1, 0.15) is 6.42 Å². The van der Waals surface area contributed by atoms with E-state index in [4.69, 9.17) is 4.74 Å². The van der Waals surface area contributed by atoms with Crippen molar-refractivity contribution in [1.29, 1.82) is 0 Å². The van der Waals surface area contributed by atoms with Gasteiger partial charge in [0.25, 0.3) is 0 Å². The number of benzene rings is 2. The van der Waals surface area contributed by atoms with Crippen LogP contribution >= 0.6 is 11.3 Å². The lowest BCUT2D eigenvalue weighted by atomic mass is 10.1. The van der Waals surface area contributed by atoms with Crippen LogP contribution in [0.2, 0.25) is 0 Å². The van der Waals surface area contributed by atoms with Crippen molar-refractivity contribution in [3.63, 3.8) is 0 Å². The van der Waals surface area contributed by atoms with Crippen molar-refractivity contribution in [2.45, 2.75) is 6.42 Å². The predicted molar refractivity (Wildman–Crippen MR) is 92.6 cm³/mol.